The molecule has 0 unspecified atom stereocenters. The zero-order chi connectivity index (χ0) is 23.9. The van der Waals surface area contributed by atoms with Gasteiger partial charge >= 0.3 is 6.04 Å². The van der Waals surface area contributed by atoms with Gasteiger partial charge in [-0.15, -0.1) is 0 Å². The quantitative estimate of drug-likeness (QED) is 0.451. The second-order valence-corrected chi connectivity index (χ2v) is 9.19. The summed E-state index contributed by atoms with van der Waals surface area (Å²) in [6.07, 6.45) is 2.25. The van der Waals surface area contributed by atoms with Gasteiger partial charge in [-0.2, -0.15) is 4.39 Å². The Balaban J connectivity index is 2.07. The number of piperidine rings is 1. The highest BCUT2D eigenvalue weighted by Crippen LogP contribution is 2.57. The number of nitrogens with zero attached hydrogens (tertiary/aromatic N) is 1. The third-order valence-electron chi connectivity index (χ3n) is 6.72. The first-order chi connectivity index (χ1) is 15.7. The van der Waals surface area contributed by atoms with Crippen molar-refractivity contribution in [2.24, 2.45) is 0 Å². The topological polar surface area (TPSA) is 66.5 Å². The lowest BCUT2D eigenvalue weighted by Gasteiger charge is -2.51. The molecule has 33 heavy (non-hydrogen) atoms. The largest absolute Gasteiger partial charge is 0.325 e. The van der Waals surface area contributed by atoms with Crippen molar-refractivity contribution in [2.45, 2.75) is 44.1 Å². The van der Waals surface area contributed by atoms with Gasteiger partial charge in [-0.05, 0) is 48.7 Å². The minimum atomic E-state index is -1.63. The van der Waals surface area contributed by atoms with Gasteiger partial charge < -0.3 is 10.2 Å². The van der Waals surface area contributed by atoms with Crippen molar-refractivity contribution in [3.05, 3.63) is 75.3 Å². The highest BCUT2D eigenvalue weighted by Gasteiger charge is 2.63. The molecule has 2 aromatic rings. The lowest BCUT2D eigenvalue weighted by molar-refractivity contribution is -0.149. The summed E-state index contributed by atoms with van der Waals surface area (Å²) in [7, 11) is 0. The Morgan fingerprint density at radius 1 is 1.21 bits per heavy atom. The van der Waals surface area contributed by atoms with Crippen molar-refractivity contribution < 1.29 is 18.8 Å². The van der Waals surface area contributed by atoms with Crippen molar-refractivity contribution >= 4 is 46.7 Å². The standard InChI is InChI=1S/C25H23Cl2FN2O3/c1-3-14(4-2)23-25(18-9-8-17(27)11-20(18)29-24(25)33)19(15-6-5-7-16(26)10-15)12-22(32)30(23)13-21(28)31/h3,5-11,19,23H,4,12-13H2,1-2H3,(H,29,33)/b14-3-/t19-,23+,25-/m0/s1. The number of fused-ring (bicyclic) bond motifs is 2. The summed E-state index contributed by atoms with van der Waals surface area (Å²) in [5.74, 6) is -1.32. The van der Waals surface area contributed by atoms with Crippen LogP contribution in [0.1, 0.15) is 43.7 Å². The number of rotatable bonds is 5. The number of likely N-dealkylation sites (tertiary alicyclic amines) is 1. The first kappa shape index (κ1) is 23.5. The van der Waals surface area contributed by atoms with Gasteiger partial charge in [-0.3, -0.25) is 14.4 Å². The van der Waals surface area contributed by atoms with Crippen molar-refractivity contribution in [1.29, 1.82) is 0 Å². The Bertz CT molecular complexity index is 1180. The first-order valence-corrected chi connectivity index (χ1v) is 11.5. The summed E-state index contributed by atoms with van der Waals surface area (Å²) in [6.45, 7) is 2.99. The molecule has 1 spiro atoms. The number of amides is 2. The molecule has 0 aromatic heterocycles. The van der Waals surface area contributed by atoms with Crippen molar-refractivity contribution in [3.8, 4) is 0 Å². The van der Waals surface area contributed by atoms with Crippen LogP contribution in [0.5, 0.6) is 0 Å². The predicted octanol–water partition coefficient (Wildman–Crippen LogP) is 5.42. The van der Waals surface area contributed by atoms with Crippen molar-refractivity contribution in [2.75, 3.05) is 11.9 Å². The van der Waals surface area contributed by atoms with Gasteiger partial charge in [0.2, 0.25) is 11.8 Å². The highest BCUT2D eigenvalue weighted by molar-refractivity contribution is 6.31. The van der Waals surface area contributed by atoms with Crippen LogP contribution in [-0.4, -0.2) is 35.3 Å². The second-order valence-electron chi connectivity index (χ2n) is 8.32. The van der Waals surface area contributed by atoms with Gasteiger partial charge in [0.05, 0.1) is 6.04 Å². The van der Waals surface area contributed by atoms with Crippen molar-refractivity contribution in [3.63, 3.8) is 0 Å². The van der Waals surface area contributed by atoms with E-state index in [0.29, 0.717) is 27.7 Å². The molecular formula is C25H23Cl2FN2O3. The molecule has 1 saturated heterocycles. The SMILES string of the molecule is C/C=C(/CC)[C@H]1N(CC(=O)F)C(=O)C[C@@H](c2cccc(Cl)c2)[C@]12C(=O)Nc1cc(Cl)ccc12. The molecule has 2 amide bonds. The lowest BCUT2D eigenvalue weighted by atomic mass is 9.58. The van der Waals surface area contributed by atoms with E-state index in [1.807, 2.05) is 26.0 Å². The third kappa shape index (κ3) is 3.75. The Kier molecular flexibility index (Phi) is 6.34. The minimum Gasteiger partial charge on any atom is -0.325 e. The monoisotopic (exact) mass is 488 g/mol. The van der Waals surface area contributed by atoms with Crippen LogP contribution in [0.15, 0.2) is 54.1 Å². The first-order valence-electron chi connectivity index (χ1n) is 10.7. The van der Waals surface area contributed by atoms with E-state index in [4.69, 9.17) is 23.2 Å². The number of carbonyl (C=O) groups excluding carboxylic acids is 3. The molecule has 0 radical (unpaired) electrons. The number of halogens is 3. The maximum Gasteiger partial charge on any atom is 0.320 e. The van der Waals surface area contributed by atoms with Gasteiger partial charge in [0, 0.05) is 28.1 Å². The number of hydrogen-bond acceptors (Lipinski definition) is 3. The number of anilines is 1. The van der Waals surface area contributed by atoms with Crippen LogP contribution in [0.2, 0.25) is 10.0 Å². The van der Waals surface area contributed by atoms with E-state index in [1.54, 1.807) is 36.4 Å². The van der Waals surface area contributed by atoms with E-state index < -0.39 is 35.9 Å². The lowest BCUT2D eigenvalue weighted by Crippen LogP contribution is -2.64. The number of hydrogen-bond donors (Lipinski definition) is 1. The Morgan fingerprint density at radius 2 is 1.94 bits per heavy atom. The van der Waals surface area contributed by atoms with Crippen LogP contribution >= 0.6 is 23.2 Å². The molecular weight excluding hydrogens is 466 g/mol. The van der Waals surface area contributed by atoms with E-state index in [-0.39, 0.29) is 12.3 Å². The zero-order valence-corrected chi connectivity index (χ0v) is 19.7. The maximum absolute atomic E-state index is 13.9. The molecule has 3 atom stereocenters. The van der Waals surface area contributed by atoms with Gasteiger partial charge in [0.25, 0.3) is 0 Å². The van der Waals surface area contributed by atoms with Crippen LogP contribution in [0.3, 0.4) is 0 Å². The molecule has 2 aliphatic rings. The second kappa shape index (κ2) is 8.92. The minimum absolute atomic E-state index is 0.0830. The zero-order valence-electron chi connectivity index (χ0n) is 18.2. The fraction of sp³-hybridized carbons (Fsp3) is 0.320. The van der Waals surface area contributed by atoms with Gasteiger partial charge in [0.1, 0.15) is 12.0 Å². The smallest absolute Gasteiger partial charge is 0.320 e. The van der Waals surface area contributed by atoms with Crippen LogP contribution in [-0.2, 0) is 19.8 Å². The average Bonchev–Trinajstić information content (AvgIpc) is 3.04. The molecule has 5 nitrogen and oxygen atoms in total. The molecule has 4 rings (SSSR count). The van der Waals surface area contributed by atoms with E-state index in [2.05, 4.69) is 5.32 Å². The van der Waals surface area contributed by atoms with Crippen LogP contribution in [0.4, 0.5) is 10.1 Å². The number of benzene rings is 2. The molecule has 0 saturated carbocycles. The number of nitrogens with one attached hydrogen (secondary N) is 1. The Labute approximate surface area is 201 Å². The van der Waals surface area contributed by atoms with Crippen LogP contribution < -0.4 is 5.32 Å². The van der Waals surface area contributed by atoms with E-state index in [1.165, 1.54) is 4.90 Å². The van der Waals surface area contributed by atoms with Gasteiger partial charge in [-0.1, -0.05) is 60.0 Å². The maximum atomic E-state index is 13.9. The number of carbonyl (C=O) groups is 3. The molecule has 1 fully saturated rings. The van der Waals surface area contributed by atoms with E-state index in [0.717, 1.165) is 11.1 Å². The Hall–Kier alpha value is -2.70. The normalized spacial score (nSPS) is 24.8. The molecule has 0 bridgehead atoms. The summed E-state index contributed by atoms with van der Waals surface area (Å²) in [6, 6.07) is 9.71. The Morgan fingerprint density at radius 3 is 2.58 bits per heavy atom. The molecule has 8 heteroatoms. The van der Waals surface area contributed by atoms with Gasteiger partial charge in [0.15, 0.2) is 0 Å². The van der Waals surface area contributed by atoms with E-state index >= 15 is 0 Å². The molecule has 2 aromatic carbocycles. The number of allylic oxidation sites excluding steroid dienone is 1. The van der Waals surface area contributed by atoms with Crippen molar-refractivity contribution in [1.82, 2.24) is 4.90 Å². The summed E-state index contributed by atoms with van der Waals surface area (Å²) in [5.41, 5.74) is 1.37. The summed E-state index contributed by atoms with van der Waals surface area (Å²) >= 11 is 12.5. The molecule has 172 valence electrons. The summed E-state index contributed by atoms with van der Waals surface area (Å²) in [4.78, 5) is 40.1. The fourth-order valence-corrected chi connectivity index (χ4v) is 5.82. The molecule has 2 heterocycles. The predicted molar refractivity (Wildman–Crippen MR) is 126 cm³/mol. The highest BCUT2D eigenvalue weighted by atomic mass is 35.5. The molecule has 1 N–H and O–H groups in total. The fourth-order valence-electron chi connectivity index (χ4n) is 5.44. The van der Waals surface area contributed by atoms with E-state index in [9.17, 15) is 18.8 Å². The summed E-state index contributed by atoms with van der Waals surface area (Å²) in [5, 5.41) is 3.86. The summed E-state index contributed by atoms with van der Waals surface area (Å²) < 4.78 is 13.7. The van der Waals surface area contributed by atoms with Crippen LogP contribution in [0.25, 0.3) is 0 Å². The average molecular weight is 489 g/mol. The molecule has 2 aliphatic heterocycles. The van der Waals surface area contributed by atoms with Crippen LogP contribution in [0, 0.1) is 0 Å². The third-order valence-corrected chi connectivity index (χ3v) is 7.19. The van der Waals surface area contributed by atoms with Gasteiger partial charge in [-0.25, -0.2) is 0 Å². The molecule has 0 aliphatic carbocycles.